The highest BCUT2D eigenvalue weighted by Gasteiger charge is 2.54. The fraction of sp³-hybridized carbons (Fsp3) is 0.842. The quantitative estimate of drug-likeness (QED) is 0.637. The predicted octanol–water partition coefficient (Wildman–Crippen LogP) is 3.55. The van der Waals surface area contributed by atoms with Crippen LogP contribution in [0.2, 0.25) is 0 Å². The number of carbonyl (C=O) groups is 1. The second kappa shape index (κ2) is 5.99. The minimum atomic E-state index is 0.0270. The molecule has 3 rings (SSSR count). The van der Waals surface area contributed by atoms with E-state index in [1.54, 1.807) is 0 Å². The van der Waals surface area contributed by atoms with Crippen molar-refractivity contribution >= 4 is 5.97 Å². The summed E-state index contributed by atoms with van der Waals surface area (Å²) in [5.41, 5.74) is 1.72. The molecule has 0 spiro atoms. The molecular formula is C19H31NO2. The largest absolute Gasteiger partial charge is 0.462 e. The van der Waals surface area contributed by atoms with Gasteiger partial charge in [0.05, 0.1) is 5.92 Å². The van der Waals surface area contributed by atoms with E-state index in [4.69, 9.17) is 4.74 Å². The van der Waals surface area contributed by atoms with Gasteiger partial charge in [0.15, 0.2) is 0 Å². The maximum atomic E-state index is 12.3. The van der Waals surface area contributed by atoms with E-state index >= 15 is 0 Å². The maximum Gasteiger partial charge on any atom is 0.310 e. The molecule has 3 heteroatoms. The first-order chi connectivity index (χ1) is 10.4. The van der Waals surface area contributed by atoms with Gasteiger partial charge < -0.3 is 10.1 Å². The molecule has 5 atom stereocenters. The van der Waals surface area contributed by atoms with Crippen molar-refractivity contribution in [3.63, 3.8) is 0 Å². The molecule has 3 fully saturated rings. The molecule has 3 aliphatic rings. The first kappa shape index (κ1) is 16.0. The number of ether oxygens (including phenoxy) is 1. The SMILES string of the molecule is C=C1CCC[C@]2(C)C[C@H]3OC(=O)[C@H](CNCC(C)C)[C@H]3C[C@@H]12. The van der Waals surface area contributed by atoms with Gasteiger partial charge in [-0.3, -0.25) is 4.79 Å². The number of nitrogens with one attached hydrogen (secondary N) is 1. The van der Waals surface area contributed by atoms with Crippen LogP contribution in [0.3, 0.4) is 0 Å². The van der Waals surface area contributed by atoms with Gasteiger partial charge in [0.1, 0.15) is 6.10 Å². The van der Waals surface area contributed by atoms with E-state index in [9.17, 15) is 4.79 Å². The number of fused-ring (bicyclic) bond motifs is 2. The minimum absolute atomic E-state index is 0.0270. The monoisotopic (exact) mass is 305 g/mol. The van der Waals surface area contributed by atoms with E-state index in [0.29, 0.717) is 23.2 Å². The van der Waals surface area contributed by atoms with E-state index in [-0.39, 0.29) is 18.0 Å². The third-order valence-electron chi connectivity index (χ3n) is 6.24. The standard InChI is InChI=1S/C19H31NO2/c1-12(2)10-20-11-15-14-8-16-13(3)6-5-7-19(16,4)9-17(14)22-18(15)21/h12,14-17,20H,3,5-11H2,1-2,4H3/t14-,15-,16+,17-,19-/m1/s1. The Morgan fingerprint density at radius 1 is 1.45 bits per heavy atom. The first-order valence-electron chi connectivity index (χ1n) is 8.99. The topological polar surface area (TPSA) is 38.3 Å². The Balaban J connectivity index is 1.70. The van der Waals surface area contributed by atoms with E-state index < -0.39 is 0 Å². The van der Waals surface area contributed by atoms with E-state index in [1.807, 2.05) is 0 Å². The van der Waals surface area contributed by atoms with Crippen molar-refractivity contribution in [2.24, 2.45) is 29.1 Å². The van der Waals surface area contributed by atoms with Crippen LogP contribution in [0.4, 0.5) is 0 Å². The second-order valence-corrected chi connectivity index (χ2v) is 8.46. The number of hydrogen-bond donors (Lipinski definition) is 1. The highest BCUT2D eigenvalue weighted by Crippen LogP contribution is 2.56. The average molecular weight is 305 g/mol. The molecule has 3 nitrogen and oxygen atoms in total. The fourth-order valence-electron chi connectivity index (χ4n) is 5.02. The van der Waals surface area contributed by atoms with Crippen molar-refractivity contribution in [1.82, 2.24) is 5.32 Å². The zero-order valence-electron chi connectivity index (χ0n) is 14.4. The minimum Gasteiger partial charge on any atom is -0.462 e. The smallest absolute Gasteiger partial charge is 0.310 e. The van der Waals surface area contributed by atoms with Crippen molar-refractivity contribution in [1.29, 1.82) is 0 Å². The highest BCUT2D eigenvalue weighted by molar-refractivity contribution is 5.75. The molecule has 0 radical (unpaired) electrons. The summed E-state index contributed by atoms with van der Waals surface area (Å²) >= 11 is 0. The molecule has 2 saturated carbocycles. The maximum absolute atomic E-state index is 12.3. The fourth-order valence-corrected chi connectivity index (χ4v) is 5.02. The van der Waals surface area contributed by atoms with Gasteiger partial charge in [0.25, 0.3) is 0 Å². The summed E-state index contributed by atoms with van der Waals surface area (Å²) in [5, 5.41) is 3.46. The molecule has 1 saturated heterocycles. The van der Waals surface area contributed by atoms with Gasteiger partial charge in [0, 0.05) is 12.5 Å². The van der Waals surface area contributed by atoms with Crippen LogP contribution < -0.4 is 5.32 Å². The van der Waals surface area contributed by atoms with Crippen molar-refractivity contribution in [2.75, 3.05) is 13.1 Å². The van der Waals surface area contributed by atoms with Crippen LogP contribution in [0.15, 0.2) is 12.2 Å². The normalized spacial score (nSPS) is 41.3. The molecule has 1 aliphatic heterocycles. The van der Waals surface area contributed by atoms with Crippen LogP contribution in [0.1, 0.15) is 52.9 Å². The molecule has 0 unspecified atom stereocenters. The third kappa shape index (κ3) is 2.84. The lowest BCUT2D eigenvalue weighted by Crippen LogP contribution is -2.45. The summed E-state index contributed by atoms with van der Waals surface area (Å²) in [6.45, 7) is 12.9. The Morgan fingerprint density at radius 2 is 2.23 bits per heavy atom. The number of allylic oxidation sites excluding steroid dienone is 1. The lowest BCUT2D eigenvalue weighted by Gasteiger charge is -2.50. The van der Waals surface area contributed by atoms with Gasteiger partial charge in [-0.1, -0.05) is 32.9 Å². The Morgan fingerprint density at radius 3 is 2.95 bits per heavy atom. The van der Waals surface area contributed by atoms with Crippen LogP contribution >= 0.6 is 0 Å². The summed E-state index contributed by atoms with van der Waals surface area (Å²) in [5.74, 6) is 1.66. The predicted molar refractivity (Wildman–Crippen MR) is 88.4 cm³/mol. The molecule has 1 N–H and O–H groups in total. The summed E-state index contributed by atoms with van der Waals surface area (Å²) in [7, 11) is 0. The van der Waals surface area contributed by atoms with Gasteiger partial charge in [0.2, 0.25) is 0 Å². The molecule has 0 aromatic heterocycles. The molecule has 0 aromatic rings. The summed E-state index contributed by atoms with van der Waals surface area (Å²) < 4.78 is 5.78. The van der Waals surface area contributed by atoms with Crippen molar-refractivity contribution in [3.8, 4) is 0 Å². The Hall–Kier alpha value is -0.830. The zero-order chi connectivity index (χ0) is 15.9. The molecular weight excluding hydrogens is 274 g/mol. The van der Waals surface area contributed by atoms with Gasteiger partial charge in [-0.2, -0.15) is 0 Å². The van der Waals surface area contributed by atoms with Gasteiger partial charge >= 0.3 is 5.97 Å². The number of hydrogen-bond acceptors (Lipinski definition) is 3. The van der Waals surface area contributed by atoms with Crippen molar-refractivity contribution in [2.45, 2.75) is 59.0 Å². The van der Waals surface area contributed by atoms with Crippen LogP contribution in [0.25, 0.3) is 0 Å². The van der Waals surface area contributed by atoms with Gasteiger partial charge in [-0.15, -0.1) is 0 Å². The Labute approximate surface area is 134 Å². The zero-order valence-corrected chi connectivity index (χ0v) is 14.4. The number of esters is 1. The summed E-state index contributed by atoms with van der Waals surface area (Å²) in [6, 6.07) is 0. The molecule has 0 bridgehead atoms. The molecule has 0 amide bonds. The first-order valence-corrected chi connectivity index (χ1v) is 8.99. The van der Waals surface area contributed by atoms with E-state index in [2.05, 4.69) is 32.7 Å². The van der Waals surface area contributed by atoms with Gasteiger partial charge in [-0.05, 0) is 55.9 Å². The van der Waals surface area contributed by atoms with Crippen molar-refractivity contribution in [3.05, 3.63) is 12.2 Å². The molecule has 22 heavy (non-hydrogen) atoms. The van der Waals surface area contributed by atoms with Gasteiger partial charge in [-0.25, -0.2) is 0 Å². The molecule has 124 valence electrons. The van der Waals surface area contributed by atoms with E-state index in [0.717, 1.165) is 25.9 Å². The summed E-state index contributed by atoms with van der Waals surface area (Å²) in [4.78, 5) is 12.3. The Kier molecular flexibility index (Phi) is 4.37. The number of carbonyl (C=O) groups excluding carboxylic acids is 1. The third-order valence-corrected chi connectivity index (χ3v) is 6.24. The van der Waals surface area contributed by atoms with Crippen LogP contribution in [0, 0.1) is 29.1 Å². The van der Waals surface area contributed by atoms with Crippen LogP contribution in [-0.2, 0) is 9.53 Å². The van der Waals surface area contributed by atoms with E-state index in [1.165, 1.54) is 24.8 Å². The molecule has 1 heterocycles. The Bertz CT molecular complexity index is 458. The summed E-state index contributed by atoms with van der Waals surface area (Å²) in [6.07, 6.45) is 5.95. The average Bonchev–Trinajstić information content (AvgIpc) is 2.71. The van der Waals surface area contributed by atoms with Crippen LogP contribution in [0.5, 0.6) is 0 Å². The molecule has 2 aliphatic carbocycles. The second-order valence-electron chi connectivity index (χ2n) is 8.46. The lowest BCUT2D eigenvalue weighted by atomic mass is 9.55. The molecule has 0 aromatic carbocycles. The number of rotatable bonds is 4. The van der Waals surface area contributed by atoms with Crippen molar-refractivity contribution < 1.29 is 9.53 Å². The van der Waals surface area contributed by atoms with Crippen LogP contribution in [-0.4, -0.2) is 25.2 Å². The highest BCUT2D eigenvalue weighted by atomic mass is 16.6. The lowest BCUT2D eigenvalue weighted by molar-refractivity contribution is -0.146.